The number of hydrogen-bond donors (Lipinski definition) is 1. The Kier molecular flexibility index (Phi) is 5.24. The zero-order chi connectivity index (χ0) is 18.6. The quantitative estimate of drug-likeness (QED) is 0.470. The van der Waals surface area contributed by atoms with Gasteiger partial charge < -0.3 is 0 Å². The number of pyridine rings is 1. The molecule has 0 atom stereocenters. The van der Waals surface area contributed by atoms with Gasteiger partial charge >= 0.3 is 0 Å². The third-order valence-corrected chi connectivity index (χ3v) is 5.83. The first-order valence-corrected chi connectivity index (χ1v) is 9.41. The Morgan fingerprint density at radius 3 is 2.65 bits per heavy atom. The van der Waals surface area contributed by atoms with Crippen molar-refractivity contribution in [2.45, 2.75) is 17.7 Å². The second-order valence-corrected chi connectivity index (χ2v) is 7.61. The number of nitrogens with one attached hydrogen (secondary N) is 1. The maximum Gasteiger partial charge on any atom is 0.295 e. The summed E-state index contributed by atoms with van der Waals surface area (Å²) in [6.45, 7) is 0.870. The third-order valence-electron chi connectivity index (χ3n) is 3.94. The van der Waals surface area contributed by atoms with Crippen LogP contribution in [0.25, 0.3) is 0 Å². The van der Waals surface area contributed by atoms with Crippen molar-refractivity contribution in [3.63, 3.8) is 0 Å². The molecule has 0 radical (unpaired) electrons. The Morgan fingerprint density at radius 2 is 2.00 bits per heavy atom. The lowest BCUT2D eigenvalue weighted by molar-refractivity contribution is -0.384. The van der Waals surface area contributed by atoms with Crippen molar-refractivity contribution in [2.75, 3.05) is 18.5 Å². The first kappa shape index (κ1) is 18.0. The topological polar surface area (TPSA) is 118 Å². The van der Waals surface area contributed by atoms with Crippen LogP contribution < -0.4 is 5.43 Å². The molecule has 2 aromatic rings. The molecule has 0 saturated carbocycles. The Morgan fingerprint density at radius 1 is 1.23 bits per heavy atom. The van der Waals surface area contributed by atoms with Crippen molar-refractivity contribution in [1.82, 2.24) is 9.29 Å². The van der Waals surface area contributed by atoms with Gasteiger partial charge in [-0.3, -0.25) is 20.5 Å². The molecular weight excluding hydrogens is 358 g/mol. The Hall–Kier alpha value is -2.85. The standard InChI is InChI=1S/C16H17N5O4S/c22-21(23)16-11-14(26(24,25)20-9-3-4-10-20)6-7-15(16)19-18-12-13-5-1-2-8-17-13/h1-2,5-8,11-12,19H,3-4,9-10H2/b18-12-. The molecule has 10 heteroatoms. The fourth-order valence-electron chi connectivity index (χ4n) is 2.62. The van der Waals surface area contributed by atoms with E-state index in [1.165, 1.54) is 22.7 Å². The highest BCUT2D eigenvalue weighted by atomic mass is 32.2. The lowest BCUT2D eigenvalue weighted by Crippen LogP contribution is -2.27. The van der Waals surface area contributed by atoms with Gasteiger partial charge in [0.15, 0.2) is 0 Å². The number of hydrogen-bond acceptors (Lipinski definition) is 7. The number of anilines is 1. The largest absolute Gasteiger partial charge is 0.295 e. The highest BCUT2D eigenvalue weighted by molar-refractivity contribution is 7.89. The maximum absolute atomic E-state index is 12.6. The molecule has 1 saturated heterocycles. The predicted molar refractivity (Wildman–Crippen MR) is 96.5 cm³/mol. The van der Waals surface area contributed by atoms with Crippen LogP contribution in [0.15, 0.2) is 52.6 Å². The number of nitro benzene ring substituents is 1. The van der Waals surface area contributed by atoms with Gasteiger partial charge in [-0.2, -0.15) is 9.41 Å². The molecule has 1 aromatic heterocycles. The van der Waals surface area contributed by atoms with E-state index in [2.05, 4.69) is 15.5 Å². The van der Waals surface area contributed by atoms with Gasteiger partial charge in [0.05, 0.1) is 21.7 Å². The van der Waals surface area contributed by atoms with Gasteiger partial charge in [0.2, 0.25) is 10.0 Å². The van der Waals surface area contributed by atoms with Crippen LogP contribution >= 0.6 is 0 Å². The molecule has 136 valence electrons. The normalized spacial score (nSPS) is 15.4. The highest BCUT2D eigenvalue weighted by Gasteiger charge is 2.29. The summed E-state index contributed by atoms with van der Waals surface area (Å²) in [5.41, 5.74) is 2.89. The minimum atomic E-state index is -3.72. The lowest BCUT2D eigenvalue weighted by atomic mass is 10.3. The highest BCUT2D eigenvalue weighted by Crippen LogP contribution is 2.30. The number of aromatic nitrogens is 1. The van der Waals surface area contributed by atoms with Crippen molar-refractivity contribution in [2.24, 2.45) is 5.10 Å². The van der Waals surface area contributed by atoms with Crippen molar-refractivity contribution in [1.29, 1.82) is 0 Å². The minimum absolute atomic E-state index is 0.0923. The molecule has 1 aromatic carbocycles. The average molecular weight is 375 g/mol. The smallest absolute Gasteiger partial charge is 0.272 e. The fourth-order valence-corrected chi connectivity index (χ4v) is 4.15. The second-order valence-electron chi connectivity index (χ2n) is 5.67. The molecule has 9 nitrogen and oxygen atoms in total. The molecule has 0 unspecified atom stereocenters. The zero-order valence-electron chi connectivity index (χ0n) is 13.8. The van der Waals surface area contributed by atoms with Gasteiger partial charge in [-0.05, 0) is 37.1 Å². The number of nitro groups is 1. The fraction of sp³-hybridized carbons (Fsp3) is 0.250. The molecular formula is C16H17N5O4S. The van der Waals surface area contributed by atoms with E-state index < -0.39 is 14.9 Å². The molecule has 26 heavy (non-hydrogen) atoms. The summed E-state index contributed by atoms with van der Waals surface area (Å²) in [6, 6.07) is 9.03. The average Bonchev–Trinajstić information content (AvgIpc) is 3.18. The van der Waals surface area contributed by atoms with Crippen LogP contribution in [0.1, 0.15) is 18.5 Å². The lowest BCUT2D eigenvalue weighted by Gasteiger charge is -2.15. The predicted octanol–water partition coefficient (Wildman–Crippen LogP) is 2.22. The second kappa shape index (κ2) is 7.58. The number of nitrogens with zero attached hydrogens (tertiary/aromatic N) is 4. The molecule has 0 aliphatic carbocycles. The first-order valence-electron chi connectivity index (χ1n) is 7.97. The van der Waals surface area contributed by atoms with Crippen LogP contribution in [0, 0.1) is 10.1 Å². The van der Waals surface area contributed by atoms with E-state index in [1.54, 1.807) is 24.4 Å². The van der Waals surface area contributed by atoms with Crippen LogP contribution in [0.4, 0.5) is 11.4 Å². The monoisotopic (exact) mass is 375 g/mol. The summed E-state index contributed by atoms with van der Waals surface area (Å²) in [4.78, 5) is 14.7. The van der Waals surface area contributed by atoms with Crippen LogP contribution in [0.3, 0.4) is 0 Å². The molecule has 0 bridgehead atoms. The summed E-state index contributed by atoms with van der Waals surface area (Å²) in [5.74, 6) is 0. The van der Waals surface area contributed by atoms with Crippen molar-refractivity contribution in [3.8, 4) is 0 Å². The van der Waals surface area contributed by atoms with Crippen molar-refractivity contribution in [3.05, 3.63) is 58.4 Å². The SMILES string of the molecule is O=[N+]([O-])c1cc(S(=O)(=O)N2CCCC2)ccc1N/N=C\c1ccccn1. The van der Waals surface area contributed by atoms with Gasteiger partial charge in [0.1, 0.15) is 5.69 Å². The van der Waals surface area contributed by atoms with Gasteiger partial charge in [-0.15, -0.1) is 0 Å². The molecule has 1 fully saturated rings. The maximum atomic E-state index is 12.6. The number of sulfonamides is 1. The summed E-state index contributed by atoms with van der Waals surface area (Å²) in [5, 5.41) is 15.3. The van der Waals surface area contributed by atoms with Gasteiger partial charge in [-0.25, -0.2) is 8.42 Å². The van der Waals surface area contributed by atoms with Crippen LogP contribution in [0.5, 0.6) is 0 Å². The van der Waals surface area contributed by atoms with Crippen molar-refractivity contribution >= 4 is 27.6 Å². The van der Waals surface area contributed by atoms with Crippen LogP contribution in [-0.2, 0) is 10.0 Å². The summed E-state index contributed by atoms with van der Waals surface area (Å²) in [6.07, 6.45) is 4.60. The van der Waals surface area contributed by atoms with Crippen LogP contribution in [0.2, 0.25) is 0 Å². The summed E-state index contributed by atoms with van der Waals surface area (Å²) >= 11 is 0. The van der Waals surface area contributed by atoms with E-state index >= 15 is 0 Å². The van der Waals surface area contributed by atoms with Gasteiger partial charge in [0, 0.05) is 25.4 Å². The summed E-state index contributed by atoms with van der Waals surface area (Å²) in [7, 11) is -3.72. The minimum Gasteiger partial charge on any atom is -0.272 e. The Balaban J connectivity index is 1.85. The van der Waals surface area contributed by atoms with E-state index in [-0.39, 0.29) is 16.3 Å². The zero-order valence-corrected chi connectivity index (χ0v) is 14.6. The molecule has 2 heterocycles. The molecule has 0 amide bonds. The molecule has 1 aliphatic rings. The van der Waals surface area contributed by atoms with E-state index in [0.717, 1.165) is 18.9 Å². The van der Waals surface area contributed by atoms with Gasteiger partial charge in [0.25, 0.3) is 5.69 Å². The van der Waals surface area contributed by atoms with E-state index in [0.29, 0.717) is 18.8 Å². The third kappa shape index (κ3) is 3.86. The molecule has 0 spiro atoms. The number of benzene rings is 1. The van der Waals surface area contributed by atoms with E-state index in [9.17, 15) is 18.5 Å². The Labute approximate surface area is 150 Å². The molecule has 1 N–H and O–H groups in total. The summed E-state index contributed by atoms with van der Waals surface area (Å²) < 4.78 is 26.5. The molecule has 3 rings (SSSR count). The number of hydrazone groups is 1. The van der Waals surface area contributed by atoms with E-state index in [4.69, 9.17) is 0 Å². The van der Waals surface area contributed by atoms with Crippen molar-refractivity contribution < 1.29 is 13.3 Å². The Bertz CT molecular complexity index is 925. The number of rotatable bonds is 6. The van der Waals surface area contributed by atoms with E-state index in [1.807, 2.05) is 0 Å². The van der Waals surface area contributed by atoms with Gasteiger partial charge in [-0.1, -0.05) is 6.07 Å². The van der Waals surface area contributed by atoms with Crippen LogP contribution in [-0.4, -0.2) is 41.9 Å². The first-order chi connectivity index (χ1) is 12.5. The molecule has 1 aliphatic heterocycles.